The van der Waals surface area contributed by atoms with E-state index < -0.39 is 10.0 Å². The van der Waals surface area contributed by atoms with Crippen LogP contribution in [-0.2, 0) is 20.2 Å². The average Bonchev–Trinajstić information content (AvgIpc) is 2.42. The van der Waals surface area contributed by atoms with Crippen molar-refractivity contribution in [2.24, 2.45) is 0 Å². The van der Waals surface area contributed by atoms with E-state index in [1.807, 2.05) is 26.0 Å². The molecular weight excluding hydrogens is 312 g/mol. The summed E-state index contributed by atoms with van der Waals surface area (Å²) >= 11 is 0. The number of sulfonamides is 1. The number of nitrogens with one attached hydrogen (secondary N) is 1. The Balaban J connectivity index is 3.02. The third-order valence-corrected chi connectivity index (χ3v) is 4.87. The number of benzene rings is 1. The van der Waals surface area contributed by atoms with Crippen LogP contribution in [0.1, 0.15) is 46.6 Å². The summed E-state index contributed by atoms with van der Waals surface area (Å²) < 4.78 is 25.2. The van der Waals surface area contributed by atoms with Crippen LogP contribution in [0.25, 0.3) is 0 Å². The number of anilines is 1. The van der Waals surface area contributed by atoms with Gasteiger partial charge in [0.25, 0.3) is 0 Å². The molecule has 0 aliphatic rings. The maximum Gasteiger partial charge on any atom is 0.240 e. The topological polar surface area (TPSA) is 66.5 Å². The smallest absolute Gasteiger partial charge is 0.240 e. The SMILES string of the molecule is CC[C@@H](C)NC(=O)CN(c1ccc(C(C)(C)C)cc1)S(C)(=O)=O. The van der Waals surface area contributed by atoms with Crippen molar-refractivity contribution in [3.63, 3.8) is 0 Å². The predicted molar refractivity (Wildman–Crippen MR) is 95.2 cm³/mol. The quantitative estimate of drug-likeness (QED) is 0.866. The van der Waals surface area contributed by atoms with Gasteiger partial charge in [-0.25, -0.2) is 8.42 Å². The Bertz CT molecular complexity index is 631. The summed E-state index contributed by atoms with van der Waals surface area (Å²) in [7, 11) is -3.53. The average molecular weight is 340 g/mol. The molecule has 5 nitrogen and oxygen atoms in total. The molecule has 0 radical (unpaired) electrons. The monoisotopic (exact) mass is 340 g/mol. The van der Waals surface area contributed by atoms with Gasteiger partial charge in [-0.3, -0.25) is 9.10 Å². The summed E-state index contributed by atoms with van der Waals surface area (Å²) in [5, 5.41) is 2.79. The Kier molecular flexibility index (Phi) is 6.22. The molecule has 0 saturated heterocycles. The number of carbonyl (C=O) groups excluding carboxylic acids is 1. The Morgan fingerprint density at radius 2 is 1.74 bits per heavy atom. The van der Waals surface area contributed by atoms with Crippen LogP contribution >= 0.6 is 0 Å². The second-order valence-electron chi connectivity index (χ2n) is 6.94. The van der Waals surface area contributed by atoms with Crippen molar-refractivity contribution in [3.8, 4) is 0 Å². The minimum Gasteiger partial charge on any atom is -0.352 e. The molecule has 1 amide bonds. The highest BCUT2D eigenvalue weighted by molar-refractivity contribution is 7.92. The molecule has 23 heavy (non-hydrogen) atoms. The third kappa shape index (κ3) is 5.86. The van der Waals surface area contributed by atoms with Gasteiger partial charge in [-0.2, -0.15) is 0 Å². The molecule has 0 aliphatic heterocycles. The molecule has 0 spiro atoms. The van der Waals surface area contributed by atoms with Crippen molar-refractivity contribution in [1.82, 2.24) is 5.32 Å². The van der Waals surface area contributed by atoms with Crippen LogP contribution in [0.5, 0.6) is 0 Å². The molecule has 0 bridgehead atoms. The van der Waals surface area contributed by atoms with Crippen LogP contribution in [0, 0.1) is 0 Å². The van der Waals surface area contributed by atoms with Gasteiger partial charge in [0.05, 0.1) is 11.9 Å². The Labute approximate surface area is 140 Å². The van der Waals surface area contributed by atoms with Crippen molar-refractivity contribution in [2.75, 3.05) is 17.1 Å². The van der Waals surface area contributed by atoms with E-state index in [4.69, 9.17) is 0 Å². The number of nitrogens with zero attached hydrogens (tertiary/aromatic N) is 1. The fraction of sp³-hybridized carbons (Fsp3) is 0.588. The summed E-state index contributed by atoms with van der Waals surface area (Å²) in [6.45, 7) is 9.92. The van der Waals surface area contributed by atoms with Crippen molar-refractivity contribution >= 4 is 21.6 Å². The summed E-state index contributed by atoms with van der Waals surface area (Å²) in [5.41, 5.74) is 1.60. The number of hydrogen-bond acceptors (Lipinski definition) is 3. The molecular formula is C17H28N2O3S. The van der Waals surface area contributed by atoms with E-state index in [9.17, 15) is 13.2 Å². The lowest BCUT2D eigenvalue weighted by molar-refractivity contribution is -0.120. The van der Waals surface area contributed by atoms with Gasteiger partial charge in [-0.1, -0.05) is 39.8 Å². The van der Waals surface area contributed by atoms with E-state index in [2.05, 4.69) is 26.1 Å². The number of amides is 1. The highest BCUT2D eigenvalue weighted by Crippen LogP contribution is 2.25. The summed E-state index contributed by atoms with van der Waals surface area (Å²) in [4.78, 5) is 12.1. The molecule has 1 aromatic rings. The molecule has 0 aliphatic carbocycles. The summed E-state index contributed by atoms with van der Waals surface area (Å²) in [6, 6.07) is 7.32. The van der Waals surface area contributed by atoms with E-state index in [-0.39, 0.29) is 23.9 Å². The van der Waals surface area contributed by atoms with Gasteiger partial charge in [0, 0.05) is 6.04 Å². The predicted octanol–water partition coefficient (Wildman–Crippen LogP) is 2.66. The zero-order valence-corrected chi connectivity index (χ0v) is 15.7. The number of carbonyl (C=O) groups is 1. The van der Waals surface area contributed by atoms with Gasteiger partial charge in [0.2, 0.25) is 15.9 Å². The lowest BCUT2D eigenvalue weighted by atomic mass is 9.87. The van der Waals surface area contributed by atoms with Crippen LogP contribution in [0.15, 0.2) is 24.3 Å². The first-order chi connectivity index (χ1) is 10.4. The summed E-state index contributed by atoms with van der Waals surface area (Å²) in [5.74, 6) is -0.301. The molecule has 1 aromatic carbocycles. The third-order valence-electron chi connectivity index (χ3n) is 3.73. The second kappa shape index (κ2) is 7.34. The highest BCUT2D eigenvalue weighted by atomic mass is 32.2. The zero-order valence-electron chi connectivity index (χ0n) is 14.9. The Morgan fingerprint density at radius 3 is 2.13 bits per heavy atom. The normalized spacial score (nSPS) is 13.5. The first-order valence-electron chi connectivity index (χ1n) is 7.82. The largest absolute Gasteiger partial charge is 0.352 e. The Hall–Kier alpha value is -1.56. The number of rotatable bonds is 6. The van der Waals surface area contributed by atoms with E-state index in [1.165, 1.54) is 0 Å². The molecule has 1 N–H and O–H groups in total. The van der Waals surface area contributed by atoms with Gasteiger partial charge >= 0.3 is 0 Å². The highest BCUT2D eigenvalue weighted by Gasteiger charge is 2.22. The molecule has 0 fully saturated rings. The standard InChI is InChI=1S/C17H28N2O3S/c1-7-13(2)18-16(20)12-19(23(6,21)22)15-10-8-14(9-11-15)17(3,4)5/h8-11,13H,7,12H2,1-6H3,(H,18,20)/t13-/m1/s1. The molecule has 0 saturated carbocycles. The van der Waals surface area contributed by atoms with E-state index in [0.717, 1.165) is 22.5 Å². The van der Waals surface area contributed by atoms with Crippen LogP contribution in [0.3, 0.4) is 0 Å². The van der Waals surface area contributed by atoms with Crippen LogP contribution in [-0.4, -0.2) is 33.2 Å². The van der Waals surface area contributed by atoms with Crippen LogP contribution in [0.2, 0.25) is 0 Å². The second-order valence-corrected chi connectivity index (χ2v) is 8.85. The van der Waals surface area contributed by atoms with E-state index in [0.29, 0.717) is 5.69 Å². The minimum atomic E-state index is -3.53. The Morgan fingerprint density at radius 1 is 1.22 bits per heavy atom. The van der Waals surface area contributed by atoms with Crippen molar-refractivity contribution < 1.29 is 13.2 Å². The maximum absolute atomic E-state index is 12.1. The minimum absolute atomic E-state index is 0.0115. The van der Waals surface area contributed by atoms with Gasteiger partial charge < -0.3 is 5.32 Å². The van der Waals surface area contributed by atoms with Gasteiger partial charge in [-0.15, -0.1) is 0 Å². The van der Waals surface area contributed by atoms with Gasteiger partial charge in [-0.05, 0) is 36.5 Å². The maximum atomic E-state index is 12.1. The number of hydrogen-bond donors (Lipinski definition) is 1. The van der Waals surface area contributed by atoms with E-state index >= 15 is 0 Å². The van der Waals surface area contributed by atoms with Crippen molar-refractivity contribution in [2.45, 2.75) is 52.5 Å². The fourth-order valence-electron chi connectivity index (χ4n) is 2.08. The molecule has 1 atom stereocenters. The van der Waals surface area contributed by atoms with Crippen molar-refractivity contribution in [3.05, 3.63) is 29.8 Å². The molecule has 6 heteroatoms. The van der Waals surface area contributed by atoms with Gasteiger partial charge in [0.1, 0.15) is 6.54 Å². The van der Waals surface area contributed by atoms with Gasteiger partial charge in [0.15, 0.2) is 0 Å². The lowest BCUT2D eigenvalue weighted by Gasteiger charge is -2.24. The molecule has 130 valence electrons. The van der Waals surface area contributed by atoms with Crippen LogP contribution < -0.4 is 9.62 Å². The molecule has 0 unspecified atom stereocenters. The first-order valence-corrected chi connectivity index (χ1v) is 9.67. The molecule has 1 rings (SSSR count). The summed E-state index contributed by atoms with van der Waals surface area (Å²) in [6.07, 6.45) is 1.91. The van der Waals surface area contributed by atoms with Crippen molar-refractivity contribution in [1.29, 1.82) is 0 Å². The lowest BCUT2D eigenvalue weighted by Crippen LogP contribution is -2.43. The molecule has 0 aromatic heterocycles. The zero-order chi connectivity index (χ0) is 17.8. The first kappa shape index (κ1) is 19.5. The fourth-order valence-corrected chi connectivity index (χ4v) is 2.94. The molecule has 0 heterocycles. The van der Waals surface area contributed by atoms with E-state index in [1.54, 1.807) is 12.1 Å². The van der Waals surface area contributed by atoms with Crippen LogP contribution in [0.4, 0.5) is 5.69 Å².